The molecule has 2 aromatic carbocycles. The Hall–Kier alpha value is -1.10. The van der Waals surface area contributed by atoms with Crippen molar-refractivity contribution in [3.05, 3.63) is 57.3 Å². The Bertz CT molecular complexity index is 621. The summed E-state index contributed by atoms with van der Waals surface area (Å²) < 4.78 is 19.9. The maximum Gasteiger partial charge on any atom is 0.165 e. The van der Waals surface area contributed by atoms with Crippen LogP contribution in [0.1, 0.15) is 18.5 Å². The number of ether oxygens (including phenoxy) is 1. The Morgan fingerprint density at radius 2 is 2.00 bits per heavy atom. The van der Waals surface area contributed by atoms with Crippen LogP contribution in [0.25, 0.3) is 0 Å². The first-order valence-electron chi connectivity index (χ1n) is 6.11. The molecule has 2 aromatic rings. The molecule has 2 rings (SSSR count). The minimum Gasteiger partial charge on any atom is -0.454 e. The van der Waals surface area contributed by atoms with Crippen molar-refractivity contribution >= 4 is 27.5 Å². The molecule has 0 amide bonds. The van der Waals surface area contributed by atoms with Crippen LogP contribution >= 0.6 is 27.5 Å². The summed E-state index contributed by atoms with van der Waals surface area (Å²) in [7, 11) is 1.86. The van der Waals surface area contributed by atoms with E-state index in [1.54, 1.807) is 24.3 Å². The van der Waals surface area contributed by atoms with Crippen molar-refractivity contribution in [1.29, 1.82) is 0 Å². The Morgan fingerprint density at radius 1 is 1.25 bits per heavy atom. The topological polar surface area (TPSA) is 21.3 Å². The summed E-state index contributed by atoms with van der Waals surface area (Å²) in [4.78, 5) is 0. The van der Waals surface area contributed by atoms with Gasteiger partial charge in [-0.05, 0) is 49.9 Å². The van der Waals surface area contributed by atoms with Gasteiger partial charge in [0.05, 0.1) is 0 Å². The number of hydrogen-bond acceptors (Lipinski definition) is 2. The molecule has 1 N–H and O–H groups in total. The second-order valence-corrected chi connectivity index (χ2v) is 5.69. The molecule has 20 heavy (non-hydrogen) atoms. The molecule has 0 radical (unpaired) electrons. The van der Waals surface area contributed by atoms with Gasteiger partial charge in [0, 0.05) is 15.5 Å². The van der Waals surface area contributed by atoms with Gasteiger partial charge in [-0.15, -0.1) is 0 Å². The largest absolute Gasteiger partial charge is 0.454 e. The molecule has 0 aliphatic heterocycles. The lowest BCUT2D eigenvalue weighted by Gasteiger charge is -2.14. The van der Waals surface area contributed by atoms with E-state index < -0.39 is 5.82 Å². The zero-order valence-corrected chi connectivity index (χ0v) is 13.4. The summed E-state index contributed by atoms with van der Waals surface area (Å²) >= 11 is 9.50. The summed E-state index contributed by atoms with van der Waals surface area (Å²) in [5.74, 6) is 0.237. The van der Waals surface area contributed by atoms with Crippen LogP contribution in [0.15, 0.2) is 40.9 Å². The number of halogens is 3. The van der Waals surface area contributed by atoms with Gasteiger partial charge >= 0.3 is 0 Å². The Kier molecular flexibility index (Phi) is 5.02. The third kappa shape index (κ3) is 3.51. The minimum atomic E-state index is -0.419. The van der Waals surface area contributed by atoms with Crippen molar-refractivity contribution in [2.75, 3.05) is 7.05 Å². The fraction of sp³-hybridized carbons (Fsp3) is 0.200. The maximum atomic E-state index is 13.6. The van der Waals surface area contributed by atoms with Gasteiger partial charge in [-0.1, -0.05) is 33.6 Å². The van der Waals surface area contributed by atoms with Crippen LogP contribution in [-0.4, -0.2) is 7.05 Å². The highest BCUT2D eigenvalue weighted by atomic mass is 79.9. The van der Waals surface area contributed by atoms with Crippen molar-refractivity contribution in [3.63, 3.8) is 0 Å². The van der Waals surface area contributed by atoms with E-state index >= 15 is 0 Å². The fourth-order valence-corrected chi connectivity index (χ4v) is 2.43. The monoisotopic (exact) mass is 357 g/mol. The molecule has 0 aliphatic carbocycles. The molecule has 0 aromatic heterocycles. The lowest BCUT2D eigenvalue weighted by Crippen LogP contribution is -2.12. The van der Waals surface area contributed by atoms with E-state index in [9.17, 15) is 4.39 Å². The lowest BCUT2D eigenvalue weighted by molar-refractivity contribution is 0.441. The van der Waals surface area contributed by atoms with Gasteiger partial charge in [0.25, 0.3) is 0 Å². The minimum absolute atomic E-state index is 0.138. The molecule has 0 heterocycles. The molecule has 5 heteroatoms. The van der Waals surface area contributed by atoms with Crippen LogP contribution in [0.2, 0.25) is 5.02 Å². The van der Waals surface area contributed by atoms with Gasteiger partial charge in [-0.2, -0.15) is 0 Å². The van der Waals surface area contributed by atoms with Crippen molar-refractivity contribution in [1.82, 2.24) is 5.32 Å². The van der Waals surface area contributed by atoms with Crippen LogP contribution in [0.4, 0.5) is 4.39 Å². The summed E-state index contributed by atoms with van der Waals surface area (Å²) in [5, 5.41) is 3.70. The van der Waals surface area contributed by atoms with Gasteiger partial charge in [0.2, 0.25) is 0 Å². The van der Waals surface area contributed by atoms with Gasteiger partial charge in [0.15, 0.2) is 11.6 Å². The quantitative estimate of drug-likeness (QED) is 0.799. The predicted molar refractivity (Wildman–Crippen MR) is 83.1 cm³/mol. The van der Waals surface area contributed by atoms with Crippen molar-refractivity contribution in [2.45, 2.75) is 13.0 Å². The van der Waals surface area contributed by atoms with E-state index in [2.05, 4.69) is 21.2 Å². The summed E-state index contributed by atoms with van der Waals surface area (Å²) in [5.41, 5.74) is 0.969. The number of hydrogen-bond donors (Lipinski definition) is 1. The van der Waals surface area contributed by atoms with Crippen LogP contribution < -0.4 is 10.1 Å². The molecule has 106 valence electrons. The molecule has 2 nitrogen and oxygen atoms in total. The highest BCUT2D eigenvalue weighted by Crippen LogP contribution is 2.32. The van der Waals surface area contributed by atoms with Crippen molar-refractivity contribution in [3.8, 4) is 11.5 Å². The number of nitrogens with one attached hydrogen (secondary N) is 1. The van der Waals surface area contributed by atoms with E-state index in [0.717, 1.165) is 10.0 Å². The first-order chi connectivity index (χ1) is 9.51. The Balaban J connectivity index is 2.26. The van der Waals surface area contributed by atoms with E-state index in [1.807, 2.05) is 20.0 Å². The highest BCUT2D eigenvalue weighted by Gasteiger charge is 2.10. The van der Waals surface area contributed by atoms with Gasteiger partial charge < -0.3 is 10.1 Å². The standard InChI is InChI=1S/C15H14BrClFNO/c1-9(19-2)12-5-4-11(8-13(12)17)20-15-7-10(16)3-6-14(15)18/h3-9,19H,1-2H3. The molecular formula is C15H14BrClFNO. The third-order valence-corrected chi connectivity index (χ3v) is 3.81. The second-order valence-electron chi connectivity index (χ2n) is 4.37. The van der Waals surface area contributed by atoms with E-state index in [0.29, 0.717) is 10.8 Å². The Labute approximate surface area is 131 Å². The average Bonchev–Trinajstić information content (AvgIpc) is 2.42. The van der Waals surface area contributed by atoms with Crippen LogP contribution in [-0.2, 0) is 0 Å². The van der Waals surface area contributed by atoms with Crippen LogP contribution in [0.5, 0.6) is 11.5 Å². The smallest absolute Gasteiger partial charge is 0.165 e. The highest BCUT2D eigenvalue weighted by molar-refractivity contribution is 9.10. The molecule has 1 unspecified atom stereocenters. The molecule has 1 atom stereocenters. The molecule has 0 aliphatic rings. The SMILES string of the molecule is CNC(C)c1ccc(Oc2cc(Br)ccc2F)cc1Cl. The number of benzene rings is 2. The van der Waals surface area contributed by atoms with E-state index in [4.69, 9.17) is 16.3 Å². The zero-order valence-electron chi connectivity index (χ0n) is 11.1. The summed E-state index contributed by atoms with van der Waals surface area (Å²) in [6.07, 6.45) is 0. The lowest BCUT2D eigenvalue weighted by atomic mass is 10.1. The average molecular weight is 359 g/mol. The van der Waals surface area contributed by atoms with Crippen LogP contribution in [0, 0.1) is 5.82 Å². The summed E-state index contributed by atoms with van der Waals surface area (Å²) in [6.45, 7) is 2.01. The summed E-state index contributed by atoms with van der Waals surface area (Å²) in [6, 6.07) is 10.0. The molecular weight excluding hydrogens is 345 g/mol. The van der Waals surface area contributed by atoms with Crippen molar-refractivity contribution < 1.29 is 9.13 Å². The van der Waals surface area contributed by atoms with Gasteiger partial charge in [0.1, 0.15) is 5.75 Å². The molecule has 0 saturated heterocycles. The molecule has 0 spiro atoms. The van der Waals surface area contributed by atoms with Crippen LogP contribution in [0.3, 0.4) is 0 Å². The maximum absolute atomic E-state index is 13.6. The molecule has 0 saturated carbocycles. The predicted octanol–water partition coefficient (Wildman–Crippen LogP) is 5.31. The van der Waals surface area contributed by atoms with E-state index in [-0.39, 0.29) is 11.8 Å². The molecule has 0 bridgehead atoms. The number of rotatable bonds is 4. The first-order valence-corrected chi connectivity index (χ1v) is 7.28. The van der Waals surface area contributed by atoms with Gasteiger partial charge in [-0.3, -0.25) is 0 Å². The fourth-order valence-electron chi connectivity index (χ4n) is 1.76. The zero-order chi connectivity index (χ0) is 14.7. The van der Waals surface area contributed by atoms with E-state index in [1.165, 1.54) is 6.07 Å². The van der Waals surface area contributed by atoms with Gasteiger partial charge in [-0.25, -0.2) is 4.39 Å². The normalized spacial score (nSPS) is 12.2. The second kappa shape index (κ2) is 6.57. The van der Waals surface area contributed by atoms with Crippen molar-refractivity contribution in [2.24, 2.45) is 0 Å². The molecule has 0 fully saturated rings. The first kappa shape index (κ1) is 15.3. The third-order valence-electron chi connectivity index (χ3n) is 2.99. The Morgan fingerprint density at radius 3 is 2.65 bits per heavy atom.